The minimum atomic E-state index is -0.381. The smallest absolute Gasteiger partial charge is 0.337 e. The molecule has 0 amide bonds. The SMILES string of the molecule is COC(=O)c1ccc2c(c1)nc(SCc1cc(OC)cc(OC)c1)n2-c1ccc(C(C)(C)C)cc1. The Hall–Kier alpha value is -3.45. The van der Waals surface area contributed by atoms with E-state index >= 15 is 0 Å². The number of fused-ring (bicyclic) bond motifs is 1. The largest absolute Gasteiger partial charge is 0.497 e. The molecule has 0 saturated carbocycles. The summed E-state index contributed by atoms with van der Waals surface area (Å²) in [6.07, 6.45) is 0. The van der Waals surface area contributed by atoms with E-state index in [1.54, 1.807) is 38.1 Å². The van der Waals surface area contributed by atoms with Crippen LogP contribution in [0.4, 0.5) is 0 Å². The van der Waals surface area contributed by atoms with Crippen LogP contribution in [0, 0.1) is 0 Å². The molecule has 3 aromatic carbocycles. The van der Waals surface area contributed by atoms with Crippen LogP contribution in [0.3, 0.4) is 0 Å². The van der Waals surface area contributed by atoms with Gasteiger partial charge >= 0.3 is 5.97 Å². The third-order valence-electron chi connectivity index (χ3n) is 5.82. The van der Waals surface area contributed by atoms with E-state index < -0.39 is 0 Å². The van der Waals surface area contributed by atoms with Gasteiger partial charge in [-0.1, -0.05) is 44.7 Å². The number of aromatic nitrogens is 2. The lowest BCUT2D eigenvalue weighted by Gasteiger charge is -2.19. The molecule has 0 fully saturated rings. The normalized spacial score (nSPS) is 11.5. The Bertz CT molecular complexity index is 1330. The predicted octanol–water partition coefficient (Wildman–Crippen LogP) is 6.42. The lowest BCUT2D eigenvalue weighted by Crippen LogP contribution is -2.11. The standard InChI is InChI=1S/C28H30N2O4S/c1-28(2,3)20-8-10-21(11-9-20)30-25-12-7-19(26(31)34-6)15-24(25)29-27(30)35-17-18-13-22(32-4)16-23(14-18)33-5/h7-16H,17H2,1-6H3. The Labute approximate surface area is 210 Å². The van der Waals surface area contributed by atoms with E-state index in [2.05, 4.69) is 49.6 Å². The van der Waals surface area contributed by atoms with Crippen molar-refractivity contribution in [3.8, 4) is 17.2 Å². The summed E-state index contributed by atoms with van der Waals surface area (Å²) in [7, 11) is 4.67. The van der Waals surface area contributed by atoms with Gasteiger partial charge in [-0.25, -0.2) is 9.78 Å². The molecule has 0 saturated heterocycles. The minimum absolute atomic E-state index is 0.0634. The van der Waals surface area contributed by atoms with Crippen molar-refractivity contribution in [1.29, 1.82) is 0 Å². The highest BCUT2D eigenvalue weighted by Gasteiger charge is 2.18. The van der Waals surface area contributed by atoms with Crippen molar-refractivity contribution in [3.63, 3.8) is 0 Å². The lowest BCUT2D eigenvalue weighted by atomic mass is 9.87. The Morgan fingerprint density at radius 1 is 0.914 bits per heavy atom. The molecule has 1 heterocycles. The molecule has 0 radical (unpaired) electrons. The fourth-order valence-corrected chi connectivity index (χ4v) is 4.82. The number of imidazole rings is 1. The molecule has 4 aromatic rings. The van der Waals surface area contributed by atoms with Gasteiger partial charge in [0, 0.05) is 17.5 Å². The van der Waals surface area contributed by atoms with Crippen LogP contribution in [0.25, 0.3) is 16.7 Å². The van der Waals surface area contributed by atoms with Crippen molar-refractivity contribution in [3.05, 3.63) is 77.4 Å². The highest BCUT2D eigenvalue weighted by molar-refractivity contribution is 7.98. The molecular formula is C28H30N2O4S. The van der Waals surface area contributed by atoms with Crippen molar-refractivity contribution in [2.45, 2.75) is 37.1 Å². The molecule has 0 atom stereocenters. The third kappa shape index (κ3) is 5.30. The molecular weight excluding hydrogens is 460 g/mol. The molecule has 6 nitrogen and oxygen atoms in total. The summed E-state index contributed by atoms with van der Waals surface area (Å²) in [5.74, 6) is 1.78. The maximum absolute atomic E-state index is 12.1. The zero-order chi connectivity index (χ0) is 25.2. The van der Waals surface area contributed by atoms with E-state index in [0.717, 1.165) is 38.9 Å². The number of hydrogen-bond acceptors (Lipinski definition) is 6. The molecule has 7 heteroatoms. The lowest BCUT2D eigenvalue weighted by molar-refractivity contribution is 0.0601. The van der Waals surface area contributed by atoms with E-state index in [9.17, 15) is 4.79 Å². The number of carbonyl (C=O) groups is 1. The Kier molecular flexibility index (Phi) is 7.08. The number of hydrogen-bond donors (Lipinski definition) is 0. The number of ether oxygens (including phenoxy) is 3. The number of methoxy groups -OCH3 is 3. The molecule has 0 bridgehead atoms. The Balaban J connectivity index is 1.77. The zero-order valence-electron chi connectivity index (χ0n) is 20.9. The van der Waals surface area contributed by atoms with Gasteiger partial charge in [-0.2, -0.15) is 0 Å². The van der Waals surface area contributed by atoms with Gasteiger partial charge in [-0.05, 0) is 59.0 Å². The molecule has 35 heavy (non-hydrogen) atoms. The van der Waals surface area contributed by atoms with E-state index in [1.165, 1.54) is 12.7 Å². The van der Waals surface area contributed by atoms with Crippen LogP contribution in [-0.2, 0) is 15.9 Å². The summed E-state index contributed by atoms with van der Waals surface area (Å²) in [5.41, 5.74) is 5.53. The first kappa shape index (κ1) is 24.7. The van der Waals surface area contributed by atoms with Crippen LogP contribution in [0.2, 0.25) is 0 Å². The minimum Gasteiger partial charge on any atom is -0.497 e. The second kappa shape index (κ2) is 10.0. The van der Waals surface area contributed by atoms with Crippen molar-refractivity contribution in [1.82, 2.24) is 9.55 Å². The van der Waals surface area contributed by atoms with Gasteiger partial charge in [0.15, 0.2) is 5.16 Å². The van der Waals surface area contributed by atoms with E-state index in [1.807, 2.05) is 24.3 Å². The first-order valence-corrected chi connectivity index (χ1v) is 12.3. The van der Waals surface area contributed by atoms with E-state index in [-0.39, 0.29) is 11.4 Å². The Morgan fingerprint density at radius 3 is 2.14 bits per heavy atom. The van der Waals surface area contributed by atoms with Gasteiger partial charge in [0.1, 0.15) is 11.5 Å². The fraction of sp³-hybridized carbons (Fsp3) is 0.286. The number of benzene rings is 3. The predicted molar refractivity (Wildman–Crippen MR) is 140 cm³/mol. The molecule has 0 aliphatic carbocycles. The first-order valence-electron chi connectivity index (χ1n) is 11.3. The highest BCUT2D eigenvalue weighted by atomic mass is 32.2. The van der Waals surface area contributed by atoms with Crippen LogP contribution >= 0.6 is 11.8 Å². The molecule has 0 spiro atoms. The molecule has 0 N–H and O–H groups in total. The average molecular weight is 491 g/mol. The Morgan fingerprint density at radius 2 is 1.57 bits per heavy atom. The summed E-state index contributed by atoms with van der Waals surface area (Å²) in [6, 6.07) is 19.9. The van der Waals surface area contributed by atoms with E-state index in [4.69, 9.17) is 19.2 Å². The maximum Gasteiger partial charge on any atom is 0.337 e. The topological polar surface area (TPSA) is 62.6 Å². The summed E-state index contributed by atoms with van der Waals surface area (Å²) < 4.78 is 17.9. The number of rotatable bonds is 7. The van der Waals surface area contributed by atoms with E-state index in [0.29, 0.717) is 11.3 Å². The average Bonchev–Trinajstić information content (AvgIpc) is 3.23. The quantitative estimate of drug-likeness (QED) is 0.220. The van der Waals surface area contributed by atoms with Crippen molar-refractivity contribution >= 4 is 28.8 Å². The summed E-state index contributed by atoms with van der Waals surface area (Å²) >= 11 is 1.61. The van der Waals surface area contributed by atoms with Crippen LogP contribution in [-0.4, -0.2) is 36.8 Å². The van der Waals surface area contributed by atoms with Gasteiger partial charge in [-0.3, -0.25) is 4.57 Å². The second-order valence-electron chi connectivity index (χ2n) is 9.23. The van der Waals surface area contributed by atoms with Crippen LogP contribution in [0.5, 0.6) is 11.5 Å². The monoisotopic (exact) mass is 490 g/mol. The third-order valence-corrected chi connectivity index (χ3v) is 6.83. The van der Waals surface area contributed by atoms with Crippen molar-refractivity contribution in [2.75, 3.05) is 21.3 Å². The van der Waals surface area contributed by atoms with Crippen LogP contribution in [0.1, 0.15) is 42.3 Å². The highest BCUT2D eigenvalue weighted by Crippen LogP contribution is 2.33. The molecule has 0 aliphatic rings. The number of thioether (sulfide) groups is 1. The fourth-order valence-electron chi connectivity index (χ4n) is 3.86. The zero-order valence-corrected chi connectivity index (χ0v) is 21.7. The summed E-state index contributed by atoms with van der Waals surface area (Å²) in [6.45, 7) is 6.60. The van der Waals surface area contributed by atoms with Gasteiger partial charge in [0.2, 0.25) is 0 Å². The van der Waals surface area contributed by atoms with Gasteiger partial charge in [-0.15, -0.1) is 0 Å². The number of carbonyl (C=O) groups excluding carboxylic acids is 1. The maximum atomic E-state index is 12.1. The summed E-state index contributed by atoms with van der Waals surface area (Å²) in [5, 5.41) is 0.826. The molecule has 0 unspecified atom stereocenters. The molecule has 1 aromatic heterocycles. The van der Waals surface area contributed by atoms with Gasteiger partial charge in [0.25, 0.3) is 0 Å². The summed E-state index contributed by atoms with van der Waals surface area (Å²) in [4.78, 5) is 17.0. The molecule has 4 rings (SSSR count). The number of esters is 1. The van der Waals surface area contributed by atoms with Crippen LogP contribution < -0.4 is 9.47 Å². The molecule has 182 valence electrons. The molecule has 0 aliphatic heterocycles. The number of nitrogens with zero attached hydrogens (tertiary/aromatic N) is 2. The van der Waals surface area contributed by atoms with Gasteiger partial charge < -0.3 is 14.2 Å². The van der Waals surface area contributed by atoms with Gasteiger partial charge in [0.05, 0.1) is 37.9 Å². The van der Waals surface area contributed by atoms with Crippen molar-refractivity contribution < 1.29 is 19.0 Å². The first-order chi connectivity index (χ1) is 16.7. The van der Waals surface area contributed by atoms with Crippen LogP contribution in [0.15, 0.2) is 65.8 Å². The second-order valence-corrected chi connectivity index (χ2v) is 10.2. The van der Waals surface area contributed by atoms with Crippen molar-refractivity contribution in [2.24, 2.45) is 0 Å².